The Morgan fingerprint density at radius 3 is 2.87 bits per heavy atom. The van der Waals surface area contributed by atoms with Crippen molar-refractivity contribution >= 4 is 17.3 Å². The number of hydrogen-bond donors (Lipinski definition) is 2. The predicted molar refractivity (Wildman–Crippen MR) is 64.9 cm³/mol. The monoisotopic (exact) mass is 228 g/mol. The van der Waals surface area contributed by atoms with Gasteiger partial charge in [0.15, 0.2) is 5.11 Å². The molecule has 2 aliphatic rings. The molecule has 86 valence electrons. The molecule has 2 N–H and O–H groups in total. The fourth-order valence-corrected chi connectivity index (χ4v) is 2.25. The molecule has 1 saturated heterocycles. The summed E-state index contributed by atoms with van der Waals surface area (Å²) in [5.41, 5.74) is 0. The van der Waals surface area contributed by atoms with Crippen LogP contribution in [0.25, 0.3) is 0 Å². The Morgan fingerprint density at radius 1 is 1.47 bits per heavy atom. The van der Waals surface area contributed by atoms with Crippen molar-refractivity contribution in [2.45, 2.75) is 44.8 Å². The predicted octanol–water partition coefficient (Wildman–Crippen LogP) is 1.43. The summed E-state index contributed by atoms with van der Waals surface area (Å²) in [6, 6.07) is 0.523. The van der Waals surface area contributed by atoms with Gasteiger partial charge in [0.05, 0.1) is 6.10 Å². The lowest BCUT2D eigenvalue weighted by molar-refractivity contribution is 0.114. The molecule has 0 bridgehead atoms. The SMILES string of the molecule is C[C@@H](NC(=S)NC[C@H]1CCCO1)C1CC1. The molecule has 0 aromatic heterocycles. The van der Waals surface area contributed by atoms with Crippen molar-refractivity contribution in [2.75, 3.05) is 13.2 Å². The zero-order valence-corrected chi connectivity index (χ0v) is 10.1. The van der Waals surface area contributed by atoms with E-state index in [1.54, 1.807) is 0 Å². The number of thiocarbonyl (C=S) groups is 1. The maximum atomic E-state index is 5.52. The van der Waals surface area contributed by atoms with Crippen molar-refractivity contribution in [3.63, 3.8) is 0 Å². The second kappa shape index (κ2) is 5.12. The maximum Gasteiger partial charge on any atom is 0.166 e. The Balaban J connectivity index is 1.59. The largest absolute Gasteiger partial charge is 0.376 e. The van der Waals surface area contributed by atoms with E-state index in [9.17, 15) is 0 Å². The zero-order valence-electron chi connectivity index (χ0n) is 9.29. The highest BCUT2D eigenvalue weighted by atomic mass is 32.1. The van der Waals surface area contributed by atoms with Gasteiger partial charge in [-0.3, -0.25) is 0 Å². The third-order valence-corrected chi connectivity index (χ3v) is 3.46. The fourth-order valence-electron chi connectivity index (χ4n) is 1.98. The summed E-state index contributed by atoms with van der Waals surface area (Å²) in [5, 5.41) is 7.35. The first-order valence-corrected chi connectivity index (χ1v) is 6.32. The van der Waals surface area contributed by atoms with Crippen LogP contribution in [0.15, 0.2) is 0 Å². The summed E-state index contributed by atoms with van der Waals surface area (Å²) in [4.78, 5) is 0. The van der Waals surface area contributed by atoms with E-state index in [2.05, 4.69) is 17.6 Å². The van der Waals surface area contributed by atoms with Crippen LogP contribution in [0.3, 0.4) is 0 Å². The van der Waals surface area contributed by atoms with Crippen LogP contribution in [0.2, 0.25) is 0 Å². The Kier molecular flexibility index (Phi) is 3.81. The Morgan fingerprint density at radius 2 is 2.27 bits per heavy atom. The first kappa shape index (κ1) is 11.1. The second-order valence-electron chi connectivity index (χ2n) is 4.62. The number of nitrogens with one attached hydrogen (secondary N) is 2. The summed E-state index contributed by atoms with van der Waals surface area (Å²) in [6.07, 6.45) is 5.41. The number of ether oxygens (including phenoxy) is 1. The Hall–Kier alpha value is -0.350. The normalized spacial score (nSPS) is 27.4. The highest BCUT2D eigenvalue weighted by molar-refractivity contribution is 7.80. The quantitative estimate of drug-likeness (QED) is 0.713. The van der Waals surface area contributed by atoms with Crippen molar-refractivity contribution in [2.24, 2.45) is 5.92 Å². The molecule has 1 aliphatic heterocycles. The van der Waals surface area contributed by atoms with Crippen LogP contribution < -0.4 is 10.6 Å². The molecular formula is C11H20N2OS. The van der Waals surface area contributed by atoms with Crippen LogP contribution >= 0.6 is 12.2 Å². The third-order valence-electron chi connectivity index (χ3n) is 3.20. The zero-order chi connectivity index (χ0) is 10.7. The molecule has 2 rings (SSSR count). The molecule has 3 nitrogen and oxygen atoms in total. The van der Waals surface area contributed by atoms with Gasteiger partial charge in [0.25, 0.3) is 0 Å². The van der Waals surface area contributed by atoms with E-state index >= 15 is 0 Å². The molecule has 0 amide bonds. The molecule has 2 atom stereocenters. The lowest BCUT2D eigenvalue weighted by Gasteiger charge is -2.18. The average molecular weight is 228 g/mol. The van der Waals surface area contributed by atoms with E-state index in [1.807, 2.05) is 0 Å². The van der Waals surface area contributed by atoms with Gasteiger partial charge in [0.1, 0.15) is 0 Å². The average Bonchev–Trinajstić information content (AvgIpc) is 2.93. The Bertz CT molecular complexity index is 225. The molecule has 15 heavy (non-hydrogen) atoms. The van der Waals surface area contributed by atoms with Crippen LogP contribution in [-0.2, 0) is 4.74 Å². The maximum absolute atomic E-state index is 5.52. The van der Waals surface area contributed by atoms with Gasteiger partial charge in [-0.15, -0.1) is 0 Å². The highest BCUT2D eigenvalue weighted by Crippen LogP contribution is 2.32. The van der Waals surface area contributed by atoms with Crippen LogP contribution in [-0.4, -0.2) is 30.4 Å². The molecule has 0 aromatic carbocycles. The first-order valence-electron chi connectivity index (χ1n) is 5.91. The van der Waals surface area contributed by atoms with Crippen LogP contribution in [0.5, 0.6) is 0 Å². The van der Waals surface area contributed by atoms with Crippen molar-refractivity contribution in [3.05, 3.63) is 0 Å². The topological polar surface area (TPSA) is 33.3 Å². The van der Waals surface area contributed by atoms with Crippen LogP contribution in [0, 0.1) is 5.92 Å². The molecule has 0 aromatic rings. The van der Waals surface area contributed by atoms with Crippen LogP contribution in [0.4, 0.5) is 0 Å². The van der Waals surface area contributed by atoms with Gasteiger partial charge in [-0.25, -0.2) is 0 Å². The minimum atomic E-state index is 0.362. The van der Waals surface area contributed by atoms with Crippen molar-refractivity contribution in [1.29, 1.82) is 0 Å². The molecular weight excluding hydrogens is 208 g/mol. The summed E-state index contributed by atoms with van der Waals surface area (Å²) in [7, 11) is 0. The first-order chi connectivity index (χ1) is 7.25. The summed E-state index contributed by atoms with van der Waals surface area (Å²) in [6.45, 7) is 3.96. The lowest BCUT2D eigenvalue weighted by Crippen LogP contribution is -2.43. The smallest absolute Gasteiger partial charge is 0.166 e. The minimum Gasteiger partial charge on any atom is -0.376 e. The summed E-state index contributed by atoms with van der Waals surface area (Å²) < 4.78 is 5.52. The van der Waals surface area contributed by atoms with Gasteiger partial charge in [-0.1, -0.05) is 0 Å². The van der Waals surface area contributed by atoms with E-state index in [0.717, 1.165) is 30.6 Å². The molecule has 1 aliphatic carbocycles. The van der Waals surface area contributed by atoms with Gasteiger partial charge in [-0.2, -0.15) is 0 Å². The molecule has 1 saturated carbocycles. The Labute approximate surface area is 96.9 Å². The molecule has 1 heterocycles. The molecule has 4 heteroatoms. The van der Waals surface area contributed by atoms with Crippen LogP contribution in [0.1, 0.15) is 32.6 Å². The van der Waals surface area contributed by atoms with Crippen molar-refractivity contribution < 1.29 is 4.74 Å². The lowest BCUT2D eigenvalue weighted by atomic mass is 10.2. The summed E-state index contributed by atoms with van der Waals surface area (Å²) in [5.74, 6) is 0.840. The van der Waals surface area contributed by atoms with E-state index < -0.39 is 0 Å². The highest BCUT2D eigenvalue weighted by Gasteiger charge is 2.28. The fraction of sp³-hybridized carbons (Fsp3) is 0.909. The standard InChI is InChI=1S/C11H20N2OS/c1-8(9-4-5-9)13-11(15)12-7-10-3-2-6-14-10/h8-10H,2-7H2,1H3,(H2,12,13,15)/t8-,10-/m1/s1. The molecule has 0 unspecified atom stereocenters. The second-order valence-corrected chi connectivity index (χ2v) is 5.02. The van der Waals surface area contributed by atoms with Crippen molar-refractivity contribution in [1.82, 2.24) is 10.6 Å². The van der Waals surface area contributed by atoms with Crippen molar-refractivity contribution in [3.8, 4) is 0 Å². The number of rotatable bonds is 4. The van der Waals surface area contributed by atoms with E-state index in [0.29, 0.717) is 12.1 Å². The molecule has 0 spiro atoms. The van der Waals surface area contributed by atoms with Gasteiger partial charge in [-0.05, 0) is 50.7 Å². The van der Waals surface area contributed by atoms with E-state index in [-0.39, 0.29) is 0 Å². The van der Waals surface area contributed by atoms with Gasteiger partial charge < -0.3 is 15.4 Å². The third kappa shape index (κ3) is 3.61. The van der Waals surface area contributed by atoms with Gasteiger partial charge >= 0.3 is 0 Å². The summed E-state index contributed by atoms with van der Waals surface area (Å²) >= 11 is 5.23. The molecule has 2 fully saturated rings. The van der Waals surface area contributed by atoms with Gasteiger partial charge in [0.2, 0.25) is 0 Å². The van der Waals surface area contributed by atoms with Gasteiger partial charge in [0, 0.05) is 19.2 Å². The van der Waals surface area contributed by atoms with E-state index in [4.69, 9.17) is 17.0 Å². The number of hydrogen-bond acceptors (Lipinski definition) is 2. The molecule has 0 radical (unpaired) electrons. The minimum absolute atomic E-state index is 0.362. The van der Waals surface area contributed by atoms with E-state index in [1.165, 1.54) is 19.3 Å².